The van der Waals surface area contributed by atoms with Crippen molar-refractivity contribution in [2.75, 3.05) is 26.1 Å². The van der Waals surface area contributed by atoms with Gasteiger partial charge in [0.2, 0.25) is 17.7 Å². The van der Waals surface area contributed by atoms with Crippen molar-refractivity contribution in [1.82, 2.24) is 9.97 Å². The van der Waals surface area contributed by atoms with E-state index < -0.39 is 5.54 Å². The predicted octanol–water partition coefficient (Wildman–Crippen LogP) is 1.78. The second kappa shape index (κ2) is 6.41. The highest BCUT2D eigenvalue weighted by Crippen LogP contribution is 2.25. The molecule has 0 amide bonds. The van der Waals surface area contributed by atoms with Gasteiger partial charge in [-0.25, -0.2) is 0 Å². The maximum Gasteiger partial charge on any atom is 0.230 e. The first-order valence-corrected chi connectivity index (χ1v) is 6.62. The molecule has 6 heteroatoms. The summed E-state index contributed by atoms with van der Waals surface area (Å²) in [5, 5.41) is 3.26. The second-order valence-electron chi connectivity index (χ2n) is 4.80. The van der Waals surface area contributed by atoms with E-state index in [0.717, 1.165) is 5.56 Å². The summed E-state index contributed by atoms with van der Waals surface area (Å²) >= 11 is 0. The fraction of sp³-hybridized carbons (Fsp3) is 0.333. The molecule has 1 atom stereocenters. The number of methoxy groups -OCH3 is 2. The van der Waals surface area contributed by atoms with Crippen molar-refractivity contribution in [3.63, 3.8) is 0 Å². The molecular weight excluding hydrogens is 268 g/mol. The molecule has 0 bridgehead atoms. The Kier molecular flexibility index (Phi) is 4.59. The van der Waals surface area contributed by atoms with Crippen LogP contribution in [0, 0.1) is 0 Å². The van der Waals surface area contributed by atoms with Crippen LogP contribution in [-0.2, 0) is 5.54 Å². The molecule has 2 rings (SSSR count). The van der Waals surface area contributed by atoms with Gasteiger partial charge in [0.15, 0.2) is 0 Å². The minimum absolute atomic E-state index is 0.389. The maximum atomic E-state index is 5.95. The Bertz CT molecular complexity index is 569. The smallest absolute Gasteiger partial charge is 0.230 e. The number of anilines is 1. The van der Waals surface area contributed by atoms with E-state index in [2.05, 4.69) is 15.3 Å². The van der Waals surface area contributed by atoms with Crippen LogP contribution in [0.25, 0.3) is 0 Å². The lowest BCUT2D eigenvalue weighted by atomic mass is 9.92. The van der Waals surface area contributed by atoms with E-state index in [-0.39, 0.29) is 0 Å². The molecule has 0 aliphatic heterocycles. The highest BCUT2D eigenvalue weighted by atomic mass is 16.5. The summed E-state index contributed by atoms with van der Waals surface area (Å²) in [7, 11) is 3.09. The lowest BCUT2D eigenvalue weighted by Gasteiger charge is -2.30. The molecule has 0 aliphatic carbocycles. The van der Waals surface area contributed by atoms with Gasteiger partial charge in [-0.15, -0.1) is 0 Å². The minimum atomic E-state index is -0.487. The SMILES string of the molecule is COc1cc(OC)nc(NC(C)(CN)c2ccccc2)n1. The molecule has 2 aromatic rings. The zero-order valence-electron chi connectivity index (χ0n) is 12.5. The van der Waals surface area contributed by atoms with E-state index in [0.29, 0.717) is 24.3 Å². The van der Waals surface area contributed by atoms with E-state index in [4.69, 9.17) is 15.2 Å². The van der Waals surface area contributed by atoms with Crippen molar-refractivity contribution >= 4 is 5.95 Å². The van der Waals surface area contributed by atoms with Crippen LogP contribution in [-0.4, -0.2) is 30.7 Å². The van der Waals surface area contributed by atoms with Crippen molar-refractivity contribution < 1.29 is 9.47 Å². The molecule has 1 aromatic heterocycles. The number of hydrogen-bond acceptors (Lipinski definition) is 6. The van der Waals surface area contributed by atoms with Gasteiger partial charge in [-0.3, -0.25) is 0 Å². The molecule has 21 heavy (non-hydrogen) atoms. The summed E-state index contributed by atoms with van der Waals surface area (Å²) in [6, 6.07) is 11.5. The molecule has 6 nitrogen and oxygen atoms in total. The first kappa shape index (κ1) is 15.1. The van der Waals surface area contributed by atoms with Gasteiger partial charge in [-0.1, -0.05) is 30.3 Å². The van der Waals surface area contributed by atoms with Crippen molar-refractivity contribution in [3.05, 3.63) is 42.0 Å². The van der Waals surface area contributed by atoms with Gasteiger partial charge < -0.3 is 20.5 Å². The van der Waals surface area contributed by atoms with Crippen LogP contribution in [0.3, 0.4) is 0 Å². The monoisotopic (exact) mass is 288 g/mol. The van der Waals surface area contributed by atoms with E-state index in [9.17, 15) is 0 Å². The highest BCUT2D eigenvalue weighted by molar-refractivity contribution is 5.40. The summed E-state index contributed by atoms with van der Waals surface area (Å²) in [6.45, 7) is 2.39. The van der Waals surface area contributed by atoms with Crippen molar-refractivity contribution in [1.29, 1.82) is 0 Å². The Labute approximate surface area is 124 Å². The van der Waals surface area contributed by atoms with Crippen LogP contribution in [0.2, 0.25) is 0 Å². The van der Waals surface area contributed by atoms with Gasteiger partial charge in [0, 0.05) is 6.54 Å². The van der Waals surface area contributed by atoms with Crippen LogP contribution in [0.1, 0.15) is 12.5 Å². The normalized spacial score (nSPS) is 13.3. The number of ether oxygens (including phenoxy) is 2. The fourth-order valence-corrected chi connectivity index (χ4v) is 1.96. The number of nitrogens with zero attached hydrogens (tertiary/aromatic N) is 2. The van der Waals surface area contributed by atoms with Gasteiger partial charge in [0.25, 0.3) is 0 Å². The van der Waals surface area contributed by atoms with Gasteiger partial charge in [0.05, 0.1) is 25.8 Å². The van der Waals surface area contributed by atoms with Crippen molar-refractivity contribution in [2.45, 2.75) is 12.5 Å². The summed E-state index contributed by atoms with van der Waals surface area (Å²) in [5.41, 5.74) is 6.51. The molecule has 0 saturated heterocycles. The third-order valence-corrected chi connectivity index (χ3v) is 3.30. The standard InChI is InChI=1S/C15H20N4O2/c1-15(10-16,11-7-5-4-6-8-11)19-14-17-12(20-2)9-13(18-14)21-3/h4-9H,10,16H2,1-3H3,(H,17,18,19). The van der Waals surface area contributed by atoms with Gasteiger partial charge in [-0.05, 0) is 12.5 Å². The van der Waals surface area contributed by atoms with Gasteiger partial charge in [-0.2, -0.15) is 9.97 Å². The van der Waals surface area contributed by atoms with E-state index in [1.54, 1.807) is 20.3 Å². The number of nitrogens with two attached hydrogens (primary N) is 1. The molecule has 0 saturated carbocycles. The number of benzene rings is 1. The Morgan fingerprint density at radius 2 is 1.67 bits per heavy atom. The van der Waals surface area contributed by atoms with Crippen molar-refractivity contribution in [3.8, 4) is 11.8 Å². The predicted molar refractivity (Wildman–Crippen MR) is 81.6 cm³/mol. The number of rotatable bonds is 6. The first-order valence-electron chi connectivity index (χ1n) is 6.62. The molecule has 0 radical (unpaired) electrons. The highest BCUT2D eigenvalue weighted by Gasteiger charge is 2.26. The topological polar surface area (TPSA) is 82.3 Å². The van der Waals surface area contributed by atoms with Crippen LogP contribution in [0.5, 0.6) is 11.8 Å². The Morgan fingerprint density at radius 1 is 1.10 bits per heavy atom. The summed E-state index contributed by atoms with van der Waals surface area (Å²) in [4.78, 5) is 8.56. The third kappa shape index (κ3) is 3.41. The number of nitrogens with one attached hydrogen (secondary N) is 1. The zero-order chi connectivity index (χ0) is 15.3. The van der Waals surface area contributed by atoms with E-state index >= 15 is 0 Å². The number of hydrogen-bond donors (Lipinski definition) is 2. The van der Waals surface area contributed by atoms with Crippen LogP contribution in [0.15, 0.2) is 36.4 Å². The first-order chi connectivity index (χ1) is 10.1. The van der Waals surface area contributed by atoms with Gasteiger partial charge in [0.1, 0.15) is 0 Å². The Morgan fingerprint density at radius 3 is 2.14 bits per heavy atom. The van der Waals surface area contributed by atoms with Gasteiger partial charge >= 0.3 is 0 Å². The Balaban J connectivity index is 2.34. The molecule has 1 unspecified atom stereocenters. The molecule has 1 heterocycles. The van der Waals surface area contributed by atoms with Crippen molar-refractivity contribution in [2.24, 2.45) is 5.73 Å². The van der Waals surface area contributed by atoms with E-state index in [1.165, 1.54) is 0 Å². The van der Waals surface area contributed by atoms with Crippen LogP contribution >= 0.6 is 0 Å². The maximum absolute atomic E-state index is 5.95. The molecule has 0 spiro atoms. The number of aromatic nitrogens is 2. The minimum Gasteiger partial charge on any atom is -0.481 e. The summed E-state index contributed by atoms with van der Waals surface area (Å²) in [6.07, 6.45) is 0. The molecule has 0 fully saturated rings. The average molecular weight is 288 g/mol. The second-order valence-corrected chi connectivity index (χ2v) is 4.80. The largest absolute Gasteiger partial charge is 0.481 e. The molecule has 3 N–H and O–H groups in total. The lowest BCUT2D eigenvalue weighted by Crippen LogP contribution is -2.40. The molecule has 1 aromatic carbocycles. The van der Waals surface area contributed by atoms with Crippen LogP contribution < -0.4 is 20.5 Å². The molecule has 0 aliphatic rings. The average Bonchev–Trinajstić information content (AvgIpc) is 2.55. The quantitative estimate of drug-likeness (QED) is 0.843. The fourth-order valence-electron chi connectivity index (χ4n) is 1.96. The molecular formula is C15H20N4O2. The van der Waals surface area contributed by atoms with Crippen LogP contribution in [0.4, 0.5) is 5.95 Å². The Hall–Kier alpha value is -2.34. The zero-order valence-corrected chi connectivity index (χ0v) is 12.5. The van der Waals surface area contributed by atoms with E-state index in [1.807, 2.05) is 37.3 Å². The lowest BCUT2D eigenvalue weighted by molar-refractivity contribution is 0.371. The summed E-state index contributed by atoms with van der Waals surface area (Å²) in [5.74, 6) is 1.26. The molecule has 112 valence electrons. The summed E-state index contributed by atoms with van der Waals surface area (Å²) < 4.78 is 10.3. The third-order valence-electron chi connectivity index (χ3n) is 3.30.